The van der Waals surface area contributed by atoms with Gasteiger partial charge in [0.1, 0.15) is 6.61 Å². The highest BCUT2D eigenvalue weighted by molar-refractivity contribution is 7.88. The highest BCUT2D eigenvalue weighted by Gasteiger charge is 2.09. The van der Waals surface area contributed by atoms with E-state index in [-0.39, 0.29) is 6.61 Å². The molecular weight excluding hydrogens is 326 g/mol. The molecule has 0 N–H and O–H groups in total. The van der Waals surface area contributed by atoms with E-state index >= 15 is 0 Å². The molecule has 0 radical (unpaired) electrons. The van der Waals surface area contributed by atoms with Crippen molar-refractivity contribution in [2.24, 2.45) is 0 Å². The number of hydrogen-bond acceptors (Lipinski definition) is 7. The quantitative estimate of drug-likeness (QED) is 0.247. The fourth-order valence-electron chi connectivity index (χ4n) is 1.22. The van der Waals surface area contributed by atoms with Crippen LogP contribution < -0.4 is 0 Å². The molecule has 8 nitrogen and oxygen atoms in total. The Bertz CT molecular complexity index is 450. The Morgan fingerprint density at radius 2 is 1.39 bits per heavy atom. The zero-order chi connectivity index (χ0) is 17.7. The van der Waals surface area contributed by atoms with Gasteiger partial charge in [-0.05, 0) is 6.92 Å². The molecule has 0 saturated carbocycles. The van der Waals surface area contributed by atoms with Crippen LogP contribution in [0.15, 0.2) is 12.2 Å². The molecule has 0 aliphatic heterocycles. The highest BCUT2D eigenvalue weighted by atomic mass is 32.2. The van der Waals surface area contributed by atoms with Gasteiger partial charge in [0.05, 0.1) is 45.9 Å². The molecule has 0 aromatic rings. The summed E-state index contributed by atoms with van der Waals surface area (Å²) in [6, 6.07) is 0. The molecule has 0 spiro atoms. The molecule has 0 unspecified atom stereocenters. The lowest BCUT2D eigenvalue weighted by Crippen LogP contribution is -2.29. The maximum absolute atomic E-state index is 11.1. The first-order valence-corrected chi connectivity index (χ1v) is 9.07. The summed E-state index contributed by atoms with van der Waals surface area (Å²) in [6.07, 6.45) is 1.15. The van der Waals surface area contributed by atoms with Crippen molar-refractivity contribution in [2.45, 2.75) is 6.92 Å². The number of hydrogen-bond donors (Lipinski definition) is 0. The molecule has 0 heterocycles. The van der Waals surface area contributed by atoms with E-state index in [9.17, 15) is 13.2 Å². The van der Waals surface area contributed by atoms with Crippen LogP contribution >= 0.6 is 0 Å². The van der Waals surface area contributed by atoms with Gasteiger partial charge in [-0.3, -0.25) is 0 Å². The van der Waals surface area contributed by atoms with Crippen LogP contribution in [-0.2, 0) is 33.8 Å². The van der Waals surface area contributed by atoms with Crippen molar-refractivity contribution in [1.29, 1.82) is 0 Å². The van der Waals surface area contributed by atoms with Crippen LogP contribution in [0.1, 0.15) is 6.92 Å². The van der Waals surface area contributed by atoms with E-state index in [2.05, 4.69) is 6.58 Å². The van der Waals surface area contributed by atoms with Crippen LogP contribution in [0, 0.1) is 0 Å². The fourth-order valence-corrected chi connectivity index (χ4v) is 1.62. The van der Waals surface area contributed by atoms with Crippen LogP contribution in [0.4, 0.5) is 0 Å². The first kappa shape index (κ1) is 22.0. The summed E-state index contributed by atoms with van der Waals surface area (Å²) in [5.41, 5.74) is 0.357. The van der Waals surface area contributed by atoms with Crippen molar-refractivity contribution >= 4 is 16.0 Å². The normalized spacial score (nSPS) is 11.7. The average Bonchev–Trinajstić information content (AvgIpc) is 2.46. The minimum absolute atomic E-state index is 0.183. The number of carbonyl (C=O) groups is 1. The zero-order valence-electron chi connectivity index (χ0n) is 14.1. The first-order valence-electron chi connectivity index (χ1n) is 7.22. The van der Waals surface area contributed by atoms with Gasteiger partial charge in [-0.25, -0.2) is 17.5 Å². The van der Waals surface area contributed by atoms with Crippen molar-refractivity contribution < 1.29 is 32.2 Å². The largest absolute Gasteiger partial charge is 0.460 e. The number of ether oxygens (including phenoxy) is 4. The van der Waals surface area contributed by atoms with Crippen molar-refractivity contribution in [3.05, 3.63) is 12.2 Å². The van der Waals surface area contributed by atoms with Gasteiger partial charge in [-0.1, -0.05) is 6.58 Å². The maximum atomic E-state index is 11.1. The Kier molecular flexibility index (Phi) is 11.9. The van der Waals surface area contributed by atoms with Crippen molar-refractivity contribution in [2.75, 3.05) is 66.1 Å². The number of carbonyl (C=O) groups excluding carboxylic acids is 1. The number of nitrogens with zero attached hydrogens (tertiary/aromatic N) is 1. The molecule has 9 heteroatoms. The number of sulfonamides is 1. The van der Waals surface area contributed by atoms with Gasteiger partial charge in [-0.2, -0.15) is 0 Å². The number of rotatable bonds is 14. The first-order chi connectivity index (χ1) is 10.7. The lowest BCUT2D eigenvalue weighted by molar-refractivity contribution is -0.140. The third-order valence-electron chi connectivity index (χ3n) is 2.67. The van der Waals surface area contributed by atoms with E-state index in [1.165, 1.54) is 11.4 Å². The molecule has 23 heavy (non-hydrogen) atoms. The third kappa shape index (κ3) is 13.2. The standard InChI is InChI=1S/C14H27NO7S/c1-13(2)14(16)22-12-11-21-10-9-20-8-7-19-6-5-15(3)23(4,17)18/h1,5-12H2,2-4H3. The molecule has 0 saturated heterocycles. The molecule has 0 rings (SSSR count). The Hall–Kier alpha value is -1.00. The molecule has 0 aromatic carbocycles. The molecule has 136 valence electrons. The van der Waals surface area contributed by atoms with Crippen LogP contribution in [-0.4, -0.2) is 84.8 Å². The van der Waals surface area contributed by atoms with Gasteiger partial charge in [0, 0.05) is 19.2 Å². The van der Waals surface area contributed by atoms with E-state index in [1.807, 2.05) is 0 Å². The van der Waals surface area contributed by atoms with E-state index in [1.54, 1.807) is 6.92 Å². The summed E-state index contributed by atoms with van der Waals surface area (Å²) in [7, 11) is -1.66. The summed E-state index contributed by atoms with van der Waals surface area (Å²) in [4.78, 5) is 11.0. The summed E-state index contributed by atoms with van der Waals surface area (Å²) in [5, 5.41) is 0. The Labute approximate surface area is 138 Å². The zero-order valence-corrected chi connectivity index (χ0v) is 14.9. The second-order valence-corrected chi connectivity index (χ2v) is 6.93. The Morgan fingerprint density at radius 3 is 1.83 bits per heavy atom. The van der Waals surface area contributed by atoms with Gasteiger partial charge in [-0.15, -0.1) is 0 Å². The molecule has 0 fully saturated rings. The predicted molar refractivity (Wildman–Crippen MR) is 85.7 cm³/mol. The molecule has 0 aliphatic rings. The lowest BCUT2D eigenvalue weighted by atomic mass is 10.4. The predicted octanol–water partition coefficient (Wildman–Crippen LogP) is 0.0469. The summed E-state index contributed by atoms with van der Waals surface area (Å²) >= 11 is 0. The van der Waals surface area contributed by atoms with E-state index < -0.39 is 16.0 Å². The molecule has 0 aliphatic carbocycles. The monoisotopic (exact) mass is 353 g/mol. The maximum Gasteiger partial charge on any atom is 0.333 e. The second-order valence-electron chi connectivity index (χ2n) is 4.84. The second kappa shape index (κ2) is 12.4. The van der Waals surface area contributed by atoms with Gasteiger partial charge in [0.25, 0.3) is 0 Å². The smallest absolute Gasteiger partial charge is 0.333 e. The highest BCUT2D eigenvalue weighted by Crippen LogP contribution is 1.93. The lowest BCUT2D eigenvalue weighted by Gasteiger charge is -2.13. The van der Waals surface area contributed by atoms with E-state index in [4.69, 9.17) is 18.9 Å². The molecular formula is C14H27NO7S. The Balaban J connectivity index is 3.28. The van der Waals surface area contributed by atoms with E-state index in [0.29, 0.717) is 51.8 Å². The molecule has 0 atom stereocenters. The van der Waals surface area contributed by atoms with Crippen LogP contribution in [0.2, 0.25) is 0 Å². The van der Waals surface area contributed by atoms with Gasteiger partial charge in [0.15, 0.2) is 0 Å². The van der Waals surface area contributed by atoms with Crippen molar-refractivity contribution in [3.8, 4) is 0 Å². The molecule has 0 aromatic heterocycles. The van der Waals surface area contributed by atoms with Crippen LogP contribution in [0.25, 0.3) is 0 Å². The summed E-state index contributed by atoms with van der Waals surface area (Å²) < 4.78 is 44.0. The SMILES string of the molecule is C=C(C)C(=O)OCCOCCOCCOCCN(C)S(C)(=O)=O. The van der Waals surface area contributed by atoms with Crippen molar-refractivity contribution in [3.63, 3.8) is 0 Å². The number of likely N-dealkylation sites (N-methyl/N-ethyl adjacent to an activating group) is 1. The average molecular weight is 353 g/mol. The van der Waals surface area contributed by atoms with Gasteiger partial charge in [0.2, 0.25) is 10.0 Å². The third-order valence-corrected chi connectivity index (χ3v) is 3.98. The Morgan fingerprint density at radius 1 is 0.957 bits per heavy atom. The summed E-state index contributed by atoms with van der Waals surface area (Å²) in [6.45, 7) is 7.74. The minimum atomic E-state index is -3.16. The van der Waals surface area contributed by atoms with Crippen LogP contribution in [0.3, 0.4) is 0 Å². The van der Waals surface area contributed by atoms with E-state index in [0.717, 1.165) is 6.26 Å². The van der Waals surface area contributed by atoms with Gasteiger partial charge >= 0.3 is 5.97 Å². The van der Waals surface area contributed by atoms with Crippen LogP contribution in [0.5, 0.6) is 0 Å². The topological polar surface area (TPSA) is 91.4 Å². The number of esters is 1. The molecule has 0 bridgehead atoms. The van der Waals surface area contributed by atoms with Crippen molar-refractivity contribution in [1.82, 2.24) is 4.31 Å². The molecule has 0 amide bonds. The summed E-state index contributed by atoms with van der Waals surface area (Å²) in [5.74, 6) is -0.427. The fraction of sp³-hybridized carbons (Fsp3) is 0.786. The van der Waals surface area contributed by atoms with Gasteiger partial charge < -0.3 is 18.9 Å². The minimum Gasteiger partial charge on any atom is -0.460 e.